The maximum Gasteiger partial charge on any atom is 0.273 e. The van der Waals surface area contributed by atoms with Crippen LogP contribution in [0.4, 0.5) is 11.4 Å². The van der Waals surface area contributed by atoms with Gasteiger partial charge in [0, 0.05) is 18.7 Å². The summed E-state index contributed by atoms with van der Waals surface area (Å²) in [6, 6.07) is 11.8. The van der Waals surface area contributed by atoms with E-state index >= 15 is 0 Å². The Morgan fingerprint density at radius 1 is 1.26 bits per heavy atom. The zero-order chi connectivity index (χ0) is 13.8. The normalized spacial score (nSPS) is 10.2. The number of hydrogen-bond donors (Lipinski definition) is 2. The first-order valence-electron chi connectivity index (χ1n) is 5.52. The molecule has 0 fully saturated rings. The molecule has 2 aromatic rings. The minimum atomic E-state index is -0.557. The molecule has 0 amide bonds. The summed E-state index contributed by atoms with van der Waals surface area (Å²) in [5.41, 5.74) is 1.06. The highest BCUT2D eigenvalue weighted by molar-refractivity contribution is 6.32. The SMILES string of the molecule is O=[N+]([O-])c1cc(Cl)c(O)c(NCc2ccccc2)c1. The number of hydrogen-bond acceptors (Lipinski definition) is 4. The van der Waals surface area contributed by atoms with E-state index in [9.17, 15) is 15.2 Å². The van der Waals surface area contributed by atoms with Crippen molar-refractivity contribution >= 4 is 23.0 Å². The first kappa shape index (κ1) is 13.2. The van der Waals surface area contributed by atoms with Gasteiger partial charge in [0.05, 0.1) is 15.6 Å². The first-order valence-corrected chi connectivity index (χ1v) is 5.90. The van der Waals surface area contributed by atoms with E-state index in [4.69, 9.17) is 11.6 Å². The predicted octanol–water partition coefficient (Wildman–Crippen LogP) is 3.57. The Morgan fingerprint density at radius 3 is 2.58 bits per heavy atom. The number of rotatable bonds is 4. The number of non-ortho nitro benzene ring substituents is 1. The lowest BCUT2D eigenvalue weighted by atomic mass is 10.2. The third-order valence-electron chi connectivity index (χ3n) is 2.58. The van der Waals surface area contributed by atoms with Gasteiger partial charge in [0.25, 0.3) is 5.69 Å². The van der Waals surface area contributed by atoms with Crippen LogP contribution in [0.5, 0.6) is 5.75 Å². The molecular formula is C13H11ClN2O3. The molecule has 6 heteroatoms. The Bertz CT molecular complexity index is 602. The van der Waals surface area contributed by atoms with E-state index < -0.39 is 4.92 Å². The highest BCUT2D eigenvalue weighted by Crippen LogP contribution is 2.36. The zero-order valence-corrected chi connectivity index (χ0v) is 10.6. The summed E-state index contributed by atoms with van der Waals surface area (Å²) in [6.07, 6.45) is 0. The number of phenols is 1. The molecule has 0 unspecified atom stereocenters. The van der Waals surface area contributed by atoms with Crippen molar-refractivity contribution in [2.24, 2.45) is 0 Å². The summed E-state index contributed by atoms with van der Waals surface area (Å²) in [4.78, 5) is 10.2. The van der Waals surface area contributed by atoms with E-state index in [2.05, 4.69) is 5.32 Å². The molecule has 2 aromatic carbocycles. The monoisotopic (exact) mass is 278 g/mol. The smallest absolute Gasteiger partial charge is 0.273 e. The molecule has 0 radical (unpaired) electrons. The number of nitro groups is 1. The number of anilines is 1. The highest BCUT2D eigenvalue weighted by Gasteiger charge is 2.14. The second kappa shape index (κ2) is 5.58. The van der Waals surface area contributed by atoms with Crippen molar-refractivity contribution in [3.63, 3.8) is 0 Å². The van der Waals surface area contributed by atoms with Gasteiger partial charge < -0.3 is 10.4 Å². The van der Waals surface area contributed by atoms with Gasteiger partial charge in [0.1, 0.15) is 0 Å². The van der Waals surface area contributed by atoms with Gasteiger partial charge in [-0.1, -0.05) is 41.9 Å². The summed E-state index contributed by atoms with van der Waals surface area (Å²) in [7, 11) is 0. The third-order valence-corrected chi connectivity index (χ3v) is 2.87. The fourth-order valence-corrected chi connectivity index (χ4v) is 1.83. The van der Waals surface area contributed by atoms with Crippen LogP contribution < -0.4 is 5.32 Å². The third kappa shape index (κ3) is 3.14. The molecule has 2 N–H and O–H groups in total. The number of nitrogens with one attached hydrogen (secondary N) is 1. The zero-order valence-electron chi connectivity index (χ0n) is 9.84. The largest absolute Gasteiger partial charge is 0.504 e. The van der Waals surface area contributed by atoms with Crippen LogP contribution in [0.2, 0.25) is 5.02 Å². The summed E-state index contributed by atoms with van der Waals surface area (Å²) < 4.78 is 0. The maximum atomic E-state index is 10.7. The van der Waals surface area contributed by atoms with Gasteiger partial charge in [-0.3, -0.25) is 10.1 Å². The van der Waals surface area contributed by atoms with Crippen molar-refractivity contribution in [1.29, 1.82) is 0 Å². The average molecular weight is 279 g/mol. The maximum absolute atomic E-state index is 10.7. The van der Waals surface area contributed by atoms with E-state index in [0.717, 1.165) is 11.6 Å². The number of nitro benzene ring substituents is 1. The molecule has 0 bridgehead atoms. The number of nitrogens with zero attached hydrogens (tertiary/aromatic N) is 1. The van der Waals surface area contributed by atoms with Crippen LogP contribution in [-0.4, -0.2) is 10.0 Å². The second-order valence-electron chi connectivity index (χ2n) is 3.92. The van der Waals surface area contributed by atoms with Gasteiger partial charge in [-0.2, -0.15) is 0 Å². The molecule has 0 saturated carbocycles. The van der Waals surface area contributed by atoms with Crippen LogP contribution in [0.1, 0.15) is 5.56 Å². The van der Waals surface area contributed by atoms with Gasteiger partial charge >= 0.3 is 0 Å². The van der Waals surface area contributed by atoms with Gasteiger partial charge in [-0.25, -0.2) is 0 Å². The van der Waals surface area contributed by atoms with Crippen molar-refractivity contribution in [3.05, 3.63) is 63.2 Å². The molecule has 98 valence electrons. The lowest BCUT2D eigenvalue weighted by molar-refractivity contribution is -0.384. The van der Waals surface area contributed by atoms with E-state index in [1.165, 1.54) is 6.07 Å². The Balaban J connectivity index is 2.22. The van der Waals surface area contributed by atoms with Crippen LogP contribution >= 0.6 is 11.6 Å². The van der Waals surface area contributed by atoms with Crippen LogP contribution in [0.25, 0.3) is 0 Å². The molecule has 0 aromatic heterocycles. The molecule has 0 aliphatic rings. The van der Waals surface area contributed by atoms with E-state index in [1.807, 2.05) is 30.3 Å². The molecular weight excluding hydrogens is 268 g/mol. The quantitative estimate of drug-likeness (QED) is 0.509. The summed E-state index contributed by atoms with van der Waals surface area (Å²) >= 11 is 5.75. The van der Waals surface area contributed by atoms with Crippen molar-refractivity contribution in [1.82, 2.24) is 0 Å². The average Bonchev–Trinajstić information content (AvgIpc) is 2.41. The highest BCUT2D eigenvalue weighted by atomic mass is 35.5. The van der Waals surface area contributed by atoms with Crippen LogP contribution in [0.3, 0.4) is 0 Å². The fraction of sp³-hybridized carbons (Fsp3) is 0.0769. The van der Waals surface area contributed by atoms with Gasteiger partial charge in [0.15, 0.2) is 5.75 Å². The van der Waals surface area contributed by atoms with Gasteiger partial charge in [-0.05, 0) is 5.56 Å². The van der Waals surface area contributed by atoms with Crippen molar-refractivity contribution in [2.45, 2.75) is 6.54 Å². The Kier molecular flexibility index (Phi) is 3.87. The van der Waals surface area contributed by atoms with E-state index in [0.29, 0.717) is 6.54 Å². The van der Waals surface area contributed by atoms with E-state index in [1.54, 1.807) is 0 Å². The van der Waals surface area contributed by atoms with Gasteiger partial charge in [0.2, 0.25) is 0 Å². The summed E-state index contributed by atoms with van der Waals surface area (Å²) in [6.45, 7) is 0.436. The number of benzene rings is 2. The molecule has 0 heterocycles. The molecule has 0 aliphatic heterocycles. The van der Waals surface area contributed by atoms with Crippen LogP contribution in [0.15, 0.2) is 42.5 Å². The summed E-state index contributed by atoms with van der Waals surface area (Å²) in [5.74, 6) is -0.191. The van der Waals surface area contributed by atoms with Crippen molar-refractivity contribution in [3.8, 4) is 5.75 Å². The Hall–Kier alpha value is -2.27. The minimum absolute atomic E-state index is 0.0511. The van der Waals surface area contributed by atoms with Crippen molar-refractivity contribution in [2.75, 3.05) is 5.32 Å². The van der Waals surface area contributed by atoms with Crippen molar-refractivity contribution < 1.29 is 10.0 Å². The molecule has 19 heavy (non-hydrogen) atoms. The number of aromatic hydroxyl groups is 1. The van der Waals surface area contributed by atoms with Crippen LogP contribution in [0, 0.1) is 10.1 Å². The standard InChI is InChI=1S/C13H11ClN2O3/c14-11-6-10(16(18)19)7-12(13(11)17)15-8-9-4-2-1-3-5-9/h1-7,15,17H,8H2. The minimum Gasteiger partial charge on any atom is -0.504 e. The summed E-state index contributed by atoms with van der Waals surface area (Å²) in [5, 5.41) is 23.4. The van der Waals surface area contributed by atoms with Gasteiger partial charge in [-0.15, -0.1) is 0 Å². The first-order chi connectivity index (χ1) is 9.08. The molecule has 2 rings (SSSR count). The number of halogens is 1. The molecule has 5 nitrogen and oxygen atoms in total. The molecule has 0 spiro atoms. The lowest BCUT2D eigenvalue weighted by Crippen LogP contribution is -2.00. The molecule has 0 aliphatic carbocycles. The van der Waals surface area contributed by atoms with Crippen LogP contribution in [-0.2, 0) is 6.54 Å². The van der Waals surface area contributed by atoms with E-state index in [-0.39, 0.29) is 22.1 Å². The Morgan fingerprint density at radius 2 is 1.95 bits per heavy atom. The molecule has 0 atom stereocenters. The lowest BCUT2D eigenvalue weighted by Gasteiger charge is -2.09. The number of phenolic OH excluding ortho intramolecular Hbond substituents is 1. The Labute approximate surface area is 114 Å². The topological polar surface area (TPSA) is 75.4 Å². The molecule has 0 saturated heterocycles. The second-order valence-corrected chi connectivity index (χ2v) is 4.33. The fourth-order valence-electron chi connectivity index (χ4n) is 1.62. The predicted molar refractivity (Wildman–Crippen MR) is 73.5 cm³/mol.